The Bertz CT molecular complexity index is 932. The second-order valence-corrected chi connectivity index (χ2v) is 5.53. The average molecular weight is 315 g/mol. The van der Waals surface area contributed by atoms with Crippen LogP contribution in [0.2, 0.25) is 0 Å². The molecule has 0 fully saturated rings. The number of hydrogen-bond donors (Lipinski definition) is 1. The highest BCUT2D eigenvalue weighted by Gasteiger charge is 2.07. The highest BCUT2D eigenvalue weighted by Crippen LogP contribution is 2.21. The molecule has 4 aromatic rings. The van der Waals surface area contributed by atoms with Crippen LogP contribution in [0.4, 0.5) is 5.82 Å². The van der Waals surface area contributed by atoms with E-state index < -0.39 is 0 Å². The topological polar surface area (TPSA) is 55.1 Å². The molecule has 1 N–H and O–H groups in total. The third kappa shape index (κ3) is 2.96. The van der Waals surface area contributed by atoms with Gasteiger partial charge in [-0.1, -0.05) is 30.3 Å². The zero-order chi connectivity index (χ0) is 16.2. The second-order valence-electron chi connectivity index (χ2n) is 5.53. The smallest absolute Gasteiger partial charge is 0.157 e. The third-order valence-electron chi connectivity index (χ3n) is 3.90. The predicted octanol–water partition coefficient (Wildman–Crippen LogP) is 3.45. The minimum Gasteiger partial charge on any atom is -0.370 e. The summed E-state index contributed by atoms with van der Waals surface area (Å²) < 4.78 is 1.83. The Morgan fingerprint density at radius 3 is 2.58 bits per heavy atom. The van der Waals surface area contributed by atoms with E-state index >= 15 is 0 Å². The molecule has 118 valence electrons. The van der Waals surface area contributed by atoms with Crippen LogP contribution in [-0.4, -0.2) is 26.1 Å². The molecule has 0 amide bonds. The summed E-state index contributed by atoms with van der Waals surface area (Å²) in [6.07, 6.45) is 6.33. The maximum absolute atomic E-state index is 4.68. The summed E-state index contributed by atoms with van der Waals surface area (Å²) in [5.74, 6) is 0.943. The molecule has 3 heterocycles. The lowest BCUT2D eigenvalue weighted by molar-refractivity contribution is 0.914. The second kappa shape index (κ2) is 6.50. The number of pyridine rings is 1. The molecule has 5 nitrogen and oxygen atoms in total. The molecule has 0 aliphatic carbocycles. The van der Waals surface area contributed by atoms with Crippen molar-refractivity contribution in [1.29, 1.82) is 0 Å². The van der Waals surface area contributed by atoms with E-state index in [1.807, 2.05) is 59.4 Å². The molecular formula is C19H17N5. The van der Waals surface area contributed by atoms with Gasteiger partial charge in [-0.15, -0.1) is 0 Å². The number of benzene rings is 1. The Morgan fingerprint density at radius 2 is 1.75 bits per heavy atom. The first-order chi connectivity index (χ1) is 11.9. The van der Waals surface area contributed by atoms with Crippen LogP contribution < -0.4 is 5.32 Å². The molecule has 0 unspecified atom stereocenters. The van der Waals surface area contributed by atoms with E-state index in [0.717, 1.165) is 35.7 Å². The molecule has 0 saturated heterocycles. The standard InChI is InChI=1S/C19H17N5/c1-2-4-16(5-3-1)17-14-19(24-18(23-17)9-13-22-24)21-12-8-15-6-10-20-11-7-15/h1-7,9-11,13-14,21H,8,12H2. The minimum absolute atomic E-state index is 0.817. The van der Waals surface area contributed by atoms with Gasteiger partial charge in [0.2, 0.25) is 0 Å². The van der Waals surface area contributed by atoms with Crippen molar-refractivity contribution in [3.63, 3.8) is 0 Å². The van der Waals surface area contributed by atoms with Crippen molar-refractivity contribution in [3.8, 4) is 11.3 Å². The molecule has 4 rings (SSSR count). The largest absolute Gasteiger partial charge is 0.370 e. The summed E-state index contributed by atoms with van der Waals surface area (Å²) >= 11 is 0. The van der Waals surface area contributed by atoms with Crippen molar-refractivity contribution < 1.29 is 0 Å². The van der Waals surface area contributed by atoms with Gasteiger partial charge in [0.05, 0.1) is 11.9 Å². The minimum atomic E-state index is 0.817. The van der Waals surface area contributed by atoms with E-state index in [9.17, 15) is 0 Å². The lowest BCUT2D eigenvalue weighted by Gasteiger charge is -2.10. The van der Waals surface area contributed by atoms with Crippen LogP contribution in [0.1, 0.15) is 5.56 Å². The van der Waals surface area contributed by atoms with Gasteiger partial charge in [0.1, 0.15) is 5.82 Å². The molecule has 0 aliphatic heterocycles. The third-order valence-corrected chi connectivity index (χ3v) is 3.90. The van der Waals surface area contributed by atoms with Crippen LogP contribution in [0.3, 0.4) is 0 Å². The Labute approximate surface area is 140 Å². The molecule has 0 bridgehead atoms. The van der Waals surface area contributed by atoms with E-state index in [4.69, 9.17) is 0 Å². The summed E-state index contributed by atoms with van der Waals surface area (Å²) in [5.41, 5.74) is 4.13. The Kier molecular flexibility index (Phi) is 3.90. The van der Waals surface area contributed by atoms with Crippen LogP contribution in [-0.2, 0) is 6.42 Å². The zero-order valence-electron chi connectivity index (χ0n) is 13.1. The van der Waals surface area contributed by atoms with Gasteiger partial charge in [0, 0.05) is 36.6 Å². The summed E-state index contributed by atoms with van der Waals surface area (Å²) in [6.45, 7) is 0.817. The van der Waals surface area contributed by atoms with Crippen molar-refractivity contribution in [3.05, 3.63) is 78.8 Å². The maximum Gasteiger partial charge on any atom is 0.157 e. The fourth-order valence-corrected chi connectivity index (χ4v) is 2.68. The lowest BCUT2D eigenvalue weighted by atomic mass is 10.1. The normalized spacial score (nSPS) is 10.8. The number of nitrogens with one attached hydrogen (secondary N) is 1. The number of hydrogen-bond acceptors (Lipinski definition) is 4. The molecule has 0 radical (unpaired) electrons. The number of fused-ring (bicyclic) bond motifs is 1. The Balaban J connectivity index is 1.60. The molecule has 24 heavy (non-hydrogen) atoms. The molecular weight excluding hydrogens is 298 g/mol. The van der Waals surface area contributed by atoms with Gasteiger partial charge in [0.15, 0.2) is 5.65 Å². The zero-order valence-corrected chi connectivity index (χ0v) is 13.1. The van der Waals surface area contributed by atoms with E-state index in [1.165, 1.54) is 5.56 Å². The highest BCUT2D eigenvalue weighted by atomic mass is 15.3. The maximum atomic E-state index is 4.68. The molecule has 3 aromatic heterocycles. The molecule has 0 spiro atoms. The summed E-state index contributed by atoms with van der Waals surface area (Å²) in [7, 11) is 0. The lowest BCUT2D eigenvalue weighted by Crippen LogP contribution is -2.10. The highest BCUT2D eigenvalue weighted by molar-refractivity contribution is 5.66. The molecule has 5 heteroatoms. The SMILES string of the molecule is c1ccc(-c2cc(NCCc3ccncc3)n3nccc3n2)cc1. The van der Waals surface area contributed by atoms with E-state index in [0.29, 0.717) is 0 Å². The summed E-state index contributed by atoms with van der Waals surface area (Å²) in [6, 6.07) is 18.2. The van der Waals surface area contributed by atoms with Crippen molar-refractivity contribution in [2.75, 3.05) is 11.9 Å². The number of anilines is 1. The van der Waals surface area contributed by atoms with Crippen LogP contribution in [0.15, 0.2) is 73.2 Å². The van der Waals surface area contributed by atoms with Gasteiger partial charge >= 0.3 is 0 Å². The molecule has 0 saturated carbocycles. The summed E-state index contributed by atoms with van der Waals surface area (Å²) in [5, 5.41) is 7.83. The summed E-state index contributed by atoms with van der Waals surface area (Å²) in [4.78, 5) is 8.73. The van der Waals surface area contributed by atoms with Gasteiger partial charge in [-0.2, -0.15) is 9.61 Å². The number of rotatable bonds is 5. The van der Waals surface area contributed by atoms with Crippen molar-refractivity contribution in [2.45, 2.75) is 6.42 Å². The van der Waals surface area contributed by atoms with E-state index in [1.54, 1.807) is 6.20 Å². The van der Waals surface area contributed by atoms with Crippen LogP contribution >= 0.6 is 0 Å². The number of aromatic nitrogens is 4. The predicted molar refractivity (Wildman–Crippen MR) is 94.9 cm³/mol. The van der Waals surface area contributed by atoms with Crippen molar-refractivity contribution in [2.24, 2.45) is 0 Å². The average Bonchev–Trinajstić information content (AvgIpc) is 3.12. The fourth-order valence-electron chi connectivity index (χ4n) is 2.68. The van der Waals surface area contributed by atoms with Crippen LogP contribution in [0, 0.1) is 0 Å². The van der Waals surface area contributed by atoms with Crippen LogP contribution in [0.25, 0.3) is 16.9 Å². The van der Waals surface area contributed by atoms with E-state index in [2.05, 4.69) is 32.5 Å². The first-order valence-electron chi connectivity index (χ1n) is 7.93. The van der Waals surface area contributed by atoms with Gasteiger partial charge in [0.25, 0.3) is 0 Å². The molecule has 0 aliphatic rings. The van der Waals surface area contributed by atoms with Crippen molar-refractivity contribution >= 4 is 11.5 Å². The van der Waals surface area contributed by atoms with Gasteiger partial charge in [-0.05, 0) is 24.1 Å². The van der Waals surface area contributed by atoms with Gasteiger partial charge in [-0.3, -0.25) is 4.98 Å². The van der Waals surface area contributed by atoms with Gasteiger partial charge in [-0.25, -0.2) is 4.98 Å². The quantitative estimate of drug-likeness (QED) is 0.613. The number of nitrogens with zero attached hydrogens (tertiary/aromatic N) is 4. The van der Waals surface area contributed by atoms with Crippen LogP contribution in [0.5, 0.6) is 0 Å². The monoisotopic (exact) mass is 315 g/mol. The first-order valence-corrected chi connectivity index (χ1v) is 7.93. The molecule has 1 aromatic carbocycles. The molecule has 0 atom stereocenters. The fraction of sp³-hybridized carbons (Fsp3) is 0.105. The van der Waals surface area contributed by atoms with Crippen molar-refractivity contribution in [1.82, 2.24) is 19.6 Å². The Morgan fingerprint density at radius 1 is 0.917 bits per heavy atom. The van der Waals surface area contributed by atoms with E-state index in [-0.39, 0.29) is 0 Å². The Hall–Kier alpha value is -3.21. The van der Waals surface area contributed by atoms with Gasteiger partial charge < -0.3 is 5.32 Å². The first kappa shape index (κ1) is 14.4.